The average molecular weight is 339 g/mol. The second-order valence-corrected chi connectivity index (χ2v) is 6.94. The van der Waals surface area contributed by atoms with Crippen molar-refractivity contribution in [2.75, 3.05) is 11.9 Å². The monoisotopic (exact) mass is 339 g/mol. The molecule has 0 aliphatic heterocycles. The van der Waals surface area contributed by atoms with Crippen LogP contribution in [0.5, 0.6) is 5.75 Å². The predicted octanol–water partition coefficient (Wildman–Crippen LogP) is 4.77. The van der Waals surface area contributed by atoms with Crippen LogP contribution < -0.4 is 4.90 Å². The molecule has 25 heavy (non-hydrogen) atoms. The number of carboxylic acid groups (broad SMARTS) is 1. The molecule has 2 aromatic carbocycles. The second-order valence-electron chi connectivity index (χ2n) is 6.94. The normalized spacial score (nSPS) is 15.1. The minimum absolute atomic E-state index is 0.0750. The van der Waals surface area contributed by atoms with Gasteiger partial charge in [-0.2, -0.15) is 0 Å². The standard InChI is InChI=1S/C21H25NO3/c1-22(18-11-12-19(21(24)25)20(23)13-18)14-15-7-9-17(10-8-15)16-5-3-2-4-6-16/h7-13,16,23H,2-6,14H2,1H3,(H,24,25). The second kappa shape index (κ2) is 7.60. The quantitative estimate of drug-likeness (QED) is 0.823. The van der Waals surface area contributed by atoms with Crippen molar-refractivity contribution in [2.45, 2.75) is 44.6 Å². The van der Waals surface area contributed by atoms with Crippen molar-refractivity contribution in [1.82, 2.24) is 0 Å². The summed E-state index contributed by atoms with van der Waals surface area (Å²) in [6, 6.07) is 13.5. The largest absolute Gasteiger partial charge is 0.507 e. The molecule has 4 nitrogen and oxygen atoms in total. The van der Waals surface area contributed by atoms with Gasteiger partial charge in [0, 0.05) is 25.3 Å². The van der Waals surface area contributed by atoms with Gasteiger partial charge in [0.2, 0.25) is 0 Å². The molecule has 3 rings (SSSR count). The maximum atomic E-state index is 11.0. The number of anilines is 1. The van der Waals surface area contributed by atoms with E-state index in [-0.39, 0.29) is 11.3 Å². The summed E-state index contributed by atoms with van der Waals surface area (Å²) < 4.78 is 0. The van der Waals surface area contributed by atoms with Crippen LogP contribution in [0, 0.1) is 0 Å². The van der Waals surface area contributed by atoms with E-state index in [0.717, 1.165) is 5.69 Å². The summed E-state index contributed by atoms with van der Waals surface area (Å²) in [7, 11) is 1.93. The third kappa shape index (κ3) is 4.13. The van der Waals surface area contributed by atoms with Crippen LogP contribution in [0.3, 0.4) is 0 Å². The van der Waals surface area contributed by atoms with Gasteiger partial charge in [0.25, 0.3) is 0 Å². The average Bonchev–Trinajstić information content (AvgIpc) is 2.62. The molecule has 0 saturated heterocycles. The number of nitrogens with zero attached hydrogens (tertiary/aromatic N) is 1. The summed E-state index contributed by atoms with van der Waals surface area (Å²) in [6.45, 7) is 0.705. The zero-order chi connectivity index (χ0) is 17.8. The zero-order valence-electron chi connectivity index (χ0n) is 14.6. The molecule has 0 unspecified atom stereocenters. The summed E-state index contributed by atoms with van der Waals surface area (Å²) in [5.41, 5.74) is 3.35. The van der Waals surface area contributed by atoms with Gasteiger partial charge in [0.15, 0.2) is 0 Å². The molecule has 0 radical (unpaired) electrons. The molecule has 1 saturated carbocycles. The van der Waals surface area contributed by atoms with Gasteiger partial charge in [0.05, 0.1) is 0 Å². The van der Waals surface area contributed by atoms with E-state index >= 15 is 0 Å². The molecule has 0 atom stereocenters. The highest BCUT2D eigenvalue weighted by Crippen LogP contribution is 2.32. The Hall–Kier alpha value is -2.49. The number of aromatic carboxylic acids is 1. The highest BCUT2D eigenvalue weighted by molar-refractivity contribution is 5.91. The molecule has 132 valence electrons. The topological polar surface area (TPSA) is 60.8 Å². The Morgan fingerprint density at radius 2 is 1.76 bits per heavy atom. The van der Waals surface area contributed by atoms with Gasteiger partial charge < -0.3 is 15.1 Å². The first kappa shape index (κ1) is 17.3. The highest BCUT2D eigenvalue weighted by Gasteiger charge is 2.15. The molecule has 1 aliphatic carbocycles. The Labute approximate surface area is 148 Å². The van der Waals surface area contributed by atoms with Crippen molar-refractivity contribution in [3.63, 3.8) is 0 Å². The number of rotatable bonds is 5. The molecular weight excluding hydrogens is 314 g/mol. The minimum Gasteiger partial charge on any atom is -0.507 e. The maximum absolute atomic E-state index is 11.0. The summed E-state index contributed by atoms with van der Waals surface area (Å²) in [4.78, 5) is 13.0. The van der Waals surface area contributed by atoms with Gasteiger partial charge in [-0.1, -0.05) is 43.5 Å². The van der Waals surface area contributed by atoms with E-state index in [0.29, 0.717) is 12.5 Å². The summed E-state index contributed by atoms with van der Waals surface area (Å²) in [5.74, 6) is -0.615. The summed E-state index contributed by atoms with van der Waals surface area (Å²) >= 11 is 0. The lowest BCUT2D eigenvalue weighted by Crippen LogP contribution is -2.16. The Balaban J connectivity index is 1.67. The van der Waals surface area contributed by atoms with Crippen LogP contribution >= 0.6 is 0 Å². The van der Waals surface area contributed by atoms with E-state index in [4.69, 9.17) is 5.11 Å². The van der Waals surface area contributed by atoms with Gasteiger partial charge >= 0.3 is 5.97 Å². The molecule has 0 spiro atoms. The number of carbonyl (C=O) groups is 1. The third-order valence-corrected chi connectivity index (χ3v) is 5.13. The van der Waals surface area contributed by atoms with Crippen molar-refractivity contribution < 1.29 is 15.0 Å². The van der Waals surface area contributed by atoms with E-state index in [1.54, 1.807) is 6.07 Å². The van der Waals surface area contributed by atoms with E-state index in [1.165, 1.54) is 55.4 Å². The van der Waals surface area contributed by atoms with Crippen LogP contribution in [0.4, 0.5) is 5.69 Å². The number of benzene rings is 2. The van der Waals surface area contributed by atoms with E-state index in [9.17, 15) is 9.90 Å². The highest BCUT2D eigenvalue weighted by atomic mass is 16.4. The zero-order valence-corrected chi connectivity index (χ0v) is 14.6. The lowest BCUT2D eigenvalue weighted by molar-refractivity contribution is 0.0694. The van der Waals surface area contributed by atoms with Gasteiger partial charge in [-0.05, 0) is 42.0 Å². The van der Waals surface area contributed by atoms with E-state index < -0.39 is 5.97 Å². The summed E-state index contributed by atoms with van der Waals surface area (Å²) in [5, 5.41) is 18.8. The molecule has 4 heteroatoms. The fraction of sp³-hybridized carbons (Fsp3) is 0.381. The third-order valence-electron chi connectivity index (χ3n) is 5.13. The molecule has 0 heterocycles. The smallest absolute Gasteiger partial charge is 0.339 e. The van der Waals surface area contributed by atoms with E-state index in [2.05, 4.69) is 24.3 Å². The maximum Gasteiger partial charge on any atom is 0.339 e. The molecule has 0 aromatic heterocycles. The Morgan fingerprint density at radius 1 is 1.08 bits per heavy atom. The van der Waals surface area contributed by atoms with Crippen molar-refractivity contribution in [3.05, 3.63) is 59.2 Å². The Morgan fingerprint density at radius 3 is 2.36 bits per heavy atom. The van der Waals surface area contributed by atoms with Crippen molar-refractivity contribution in [2.24, 2.45) is 0 Å². The van der Waals surface area contributed by atoms with Crippen molar-refractivity contribution in [1.29, 1.82) is 0 Å². The molecule has 2 N–H and O–H groups in total. The lowest BCUT2D eigenvalue weighted by Gasteiger charge is -2.23. The van der Waals surface area contributed by atoms with Crippen molar-refractivity contribution >= 4 is 11.7 Å². The first-order valence-corrected chi connectivity index (χ1v) is 8.91. The fourth-order valence-corrected chi connectivity index (χ4v) is 3.63. The Kier molecular flexibility index (Phi) is 5.27. The van der Waals surface area contributed by atoms with Crippen LogP contribution in [0.1, 0.15) is 59.5 Å². The number of hydrogen-bond donors (Lipinski definition) is 2. The molecular formula is C21H25NO3. The first-order valence-electron chi connectivity index (χ1n) is 8.91. The SMILES string of the molecule is CN(Cc1ccc(C2CCCCC2)cc1)c1ccc(C(=O)O)c(O)c1. The van der Waals surface area contributed by atoms with Gasteiger partial charge in [-0.15, -0.1) is 0 Å². The first-order chi connectivity index (χ1) is 12.0. The van der Waals surface area contributed by atoms with Crippen LogP contribution in [-0.2, 0) is 6.54 Å². The number of hydrogen-bond acceptors (Lipinski definition) is 3. The van der Waals surface area contributed by atoms with Gasteiger partial charge in [0.1, 0.15) is 11.3 Å². The molecule has 0 amide bonds. The number of carboxylic acids is 1. The van der Waals surface area contributed by atoms with Gasteiger partial charge in [-0.25, -0.2) is 4.79 Å². The van der Waals surface area contributed by atoms with Crippen LogP contribution in [0.2, 0.25) is 0 Å². The minimum atomic E-state index is -1.12. The van der Waals surface area contributed by atoms with E-state index in [1.807, 2.05) is 11.9 Å². The predicted molar refractivity (Wildman–Crippen MR) is 99.4 cm³/mol. The van der Waals surface area contributed by atoms with Crippen molar-refractivity contribution in [3.8, 4) is 5.75 Å². The fourth-order valence-electron chi connectivity index (χ4n) is 3.63. The van der Waals surface area contributed by atoms with Gasteiger partial charge in [-0.3, -0.25) is 0 Å². The molecule has 1 fully saturated rings. The summed E-state index contributed by atoms with van der Waals surface area (Å²) in [6.07, 6.45) is 6.64. The Bertz CT molecular complexity index is 733. The molecule has 1 aliphatic rings. The van der Waals surface area contributed by atoms with Crippen LogP contribution in [-0.4, -0.2) is 23.2 Å². The number of aromatic hydroxyl groups is 1. The lowest BCUT2D eigenvalue weighted by atomic mass is 9.84. The molecule has 2 aromatic rings. The number of phenols is 1. The van der Waals surface area contributed by atoms with Crippen LogP contribution in [0.15, 0.2) is 42.5 Å². The van der Waals surface area contributed by atoms with Crippen LogP contribution in [0.25, 0.3) is 0 Å². The molecule has 0 bridgehead atoms.